The number of amides is 2. The van der Waals surface area contributed by atoms with E-state index >= 15 is 0 Å². The Morgan fingerprint density at radius 3 is 1.98 bits per heavy atom. The fourth-order valence-corrected chi connectivity index (χ4v) is 3.92. The van der Waals surface area contributed by atoms with Gasteiger partial charge in [-0.05, 0) is 48.9 Å². The summed E-state index contributed by atoms with van der Waals surface area (Å²) in [5.41, 5.74) is -4.34. The first-order chi connectivity index (χ1) is 18.2. The van der Waals surface area contributed by atoms with Crippen LogP contribution in [0.1, 0.15) is 52.7 Å². The Kier molecular flexibility index (Phi) is 10.5. The second-order valence-electron chi connectivity index (χ2n) is 8.37. The quantitative estimate of drug-likeness (QED) is 0.229. The van der Waals surface area contributed by atoms with Gasteiger partial charge < -0.3 is 10.6 Å². The van der Waals surface area contributed by atoms with Crippen molar-refractivity contribution in [2.24, 2.45) is 0 Å². The van der Waals surface area contributed by atoms with Crippen LogP contribution in [0.5, 0.6) is 0 Å². The van der Waals surface area contributed by atoms with Crippen molar-refractivity contribution in [3.05, 3.63) is 74.8 Å². The Balaban J connectivity index is 2.36. The lowest BCUT2D eigenvalue weighted by Crippen LogP contribution is -2.46. The van der Waals surface area contributed by atoms with Crippen LogP contribution in [0.4, 0.5) is 43.9 Å². The molecule has 16 heteroatoms. The minimum absolute atomic E-state index is 0.0236. The summed E-state index contributed by atoms with van der Waals surface area (Å²) in [6.45, 7) is 1.06. The average Bonchev–Trinajstić information content (AvgIpc) is 2.78. The monoisotopic (exact) mass is 626 g/mol. The third-order valence-corrected chi connectivity index (χ3v) is 5.55. The first-order valence-corrected chi connectivity index (χ1v) is 11.7. The molecule has 2 amide bonds. The highest BCUT2D eigenvalue weighted by Gasteiger charge is 2.41. The molecule has 4 nitrogen and oxygen atoms in total. The molecule has 2 N–H and O–H groups in total. The van der Waals surface area contributed by atoms with E-state index in [2.05, 4.69) is 0 Å². The van der Waals surface area contributed by atoms with Crippen LogP contribution >= 0.6 is 23.2 Å². The molecule has 2 atom stereocenters. The van der Waals surface area contributed by atoms with Crippen molar-refractivity contribution in [1.29, 1.82) is 0 Å². The molecular weight excluding hydrogens is 609 g/mol. The zero-order valence-electron chi connectivity index (χ0n) is 20.0. The van der Waals surface area contributed by atoms with E-state index in [-0.39, 0.29) is 22.2 Å². The highest BCUT2D eigenvalue weighted by molar-refractivity contribution is 6.34. The summed E-state index contributed by atoms with van der Waals surface area (Å²) < 4.78 is 134. The van der Waals surface area contributed by atoms with E-state index < -0.39 is 83.3 Å². The number of hydrogen-bond acceptors (Lipinski definition) is 2. The van der Waals surface area contributed by atoms with Crippen molar-refractivity contribution >= 4 is 40.8 Å². The van der Waals surface area contributed by atoms with Crippen LogP contribution in [0.25, 0.3) is 5.83 Å². The topological polar surface area (TPSA) is 58.2 Å². The van der Waals surface area contributed by atoms with Crippen LogP contribution in [0.15, 0.2) is 42.5 Å². The summed E-state index contributed by atoms with van der Waals surface area (Å²) in [5, 5.41) is 3.48. The van der Waals surface area contributed by atoms with Gasteiger partial charge in [0.1, 0.15) is 11.7 Å². The number of rotatable bonds is 8. The molecule has 0 fully saturated rings. The van der Waals surface area contributed by atoms with Gasteiger partial charge in [0.05, 0.1) is 23.7 Å². The van der Waals surface area contributed by atoms with Crippen molar-refractivity contribution in [2.75, 3.05) is 0 Å². The largest absolute Gasteiger partial charge is 0.417 e. The van der Waals surface area contributed by atoms with Gasteiger partial charge in [0.25, 0.3) is 5.91 Å². The summed E-state index contributed by atoms with van der Waals surface area (Å²) in [7, 11) is 0. The fraction of sp³-hybridized carbons (Fsp3) is 0.333. The zero-order chi connectivity index (χ0) is 30.6. The van der Waals surface area contributed by atoms with E-state index in [1.165, 1.54) is 0 Å². The van der Waals surface area contributed by atoms with Crippen LogP contribution in [-0.4, -0.2) is 30.3 Å². The van der Waals surface area contributed by atoms with E-state index in [0.717, 1.165) is 25.1 Å². The van der Waals surface area contributed by atoms with E-state index in [9.17, 15) is 53.5 Å². The van der Waals surface area contributed by atoms with E-state index in [1.807, 2.05) is 10.6 Å². The standard InChI is InChI=1S/C24H18Cl2F10N2O2/c1-11(37-20(39)4-5-22(28,29)30)38-21(40)16-3-2-12(8-18(16)24(34,35)36)19(27)10-17(23(31,32)33)13-6-14(25)9-15(26)7-13/h2-3,6-11,17H,4-5H2,1H3,(H,37,39)(H,38,40)/b19-10-/t11-,17?/m1/s1. The molecule has 40 heavy (non-hydrogen) atoms. The summed E-state index contributed by atoms with van der Waals surface area (Å²) in [5.74, 6) is -6.96. The zero-order valence-corrected chi connectivity index (χ0v) is 21.5. The van der Waals surface area contributed by atoms with Crippen molar-refractivity contribution < 1.29 is 53.5 Å². The molecule has 0 radical (unpaired) electrons. The number of carbonyl (C=O) groups excluding carboxylic acids is 2. The van der Waals surface area contributed by atoms with Gasteiger partial charge in [-0.25, -0.2) is 4.39 Å². The molecule has 0 spiro atoms. The molecule has 0 aliphatic carbocycles. The molecule has 1 unspecified atom stereocenters. The van der Waals surface area contributed by atoms with Crippen LogP contribution in [0, 0.1) is 0 Å². The highest BCUT2D eigenvalue weighted by atomic mass is 35.5. The van der Waals surface area contributed by atoms with Gasteiger partial charge in [0, 0.05) is 22.0 Å². The van der Waals surface area contributed by atoms with Crippen LogP contribution in [0.2, 0.25) is 10.0 Å². The summed E-state index contributed by atoms with van der Waals surface area (Å²) in [6.07, 6.45) is -18.9. The minimum Gasteiger partial charge on any atom is -0.336 e. The number of alkyl halides is 9. The third-order valence-electron chi connectivity index (χ3n) is 5.12. The fourth-order valence-electron chi connectivity index (χ4n) is 3.38. The van der Waals surface area contributed by atoms with Crippen molar-refractivity contribution in [3.63, 3.8) is 0 Å². The van der Waals surface area contributed by atoms with Crippen LogP contribution in [0.3, 0.4) is 0 Å². The van der Waals surface area contributed by atoms with Gasteiger partial charge in [0.2, 0.25) is 5.91 Å². The molecule has 2 rings (SSSR count). The smallest absolute Gasteiger partial charge is 0.336 e. The number of allylic oxidation sites excluding steroid dienone is 1. The molecule has 0 heterocycles. The lowest BCUT2D eigenvalue weighted by Gasteiger charge is -2.20. The third kappa shape index (κ3) is 9.88. The van der Waals surface area contributed by atoms with E-state index in [4.69, 9.17) is 23.2 Å². The number of benzene rings is 2. The first kappa shape index (κ1) is 33.2. The Morgan fingerprint density at radius 2 is 1.48 bits per heavy atom. The van der Waals surface area contributed by atoms with Crippen LogP contribution < -0.4 is 10.6 Å². The Hall–Kier alpha value is -3.00. The molecular formula is C24H18Cl2F10N2O2. The predicted octanol–water partition coefficient (Wildman–Crippen LogP) is 8.20. The molecule has 0 saturated carbocycles. The molecule has 220 valence electrons. The number of carbonyl (C=O) groups is 2. The number of nitrogens with one attached hydrogen (secondary N) is 2. The maximum atomic E-state index is 14.9. The van der Waals surface area contributed by atoms with Gasteiger partial charge in [-0.3, -0.25) is 9.59 Å². The maximum absolute atomic E-state index is 14.9. The van der Waals surface area contributed by atoms with Crippen LogP contribution in [-0.2, 0) is 11.0 Å². The molecule has 0 saturated heterocycles. The molecule has 0 aliphatic rings. The highest BCUT2D eigenvalue weighted by Crippen LogP contribution is 2.41. The van der Waals surface area contributed by atoms with E-state index in [0.29, 0.717) is 12.1 Å². The van der Waals surface area contributed by atoms with Gasteiger partial charge in [0.15, 0.2) is 0 Å². The lowest BCUT2D eigenvalue weighted by molar-refractivity contribution is -0.144. The minimum atomic E-state index is -5.29. The second-order valence-corrected chi connectivity index (χ2v) is 9.25. The molecule has 0 aromatic heterocycles. The average molecular weight is 627 g/mol. The van der Waals surface area contributed by atoms with Crippen molar-refractivity contribution in [3.8, 4) is 0 Å². The maximum Gasteiger partial charge on any atom is 0.417 e. The predicted molar refractivity (Wildman–Crippen MR) is 126 cm³/mol. The summed E-state index contributed by atoms with van der Waals surface area (Å²) in [6, 6.07) is 4.07. The second kappa shape index (κ2) is 12.7. The number of halogens is 12. The van der Waals surface area contributed by atoms with Gasteiger partial charge in [-0.1, -0.05) is 29.3 Å². The molecule has 2 aromatic rings. The Labute approximate surface area is 230 Å². The van der Waals surface area contributed by atoms with E-state index in [1.54, 1.807) is 0 Å². The molecule has 0 aliphatic heterocycles. The Morgan fingerprint density at radius 1 is 0.900 bits per heavy atom. The first-order valence-electron chi connectivity index (χ1n) is 11.0. The van der Waals surface area contributed by atoms with Crippen molar-refractivity contribution in [2.45, 2.75) is 50.4 Å². The van der Waals surface area contributed by atoms with Crippen molar-refractivity contribution in [1.82, 2.24) is 10.6 Å². The Bertz CT molecular complexity index is 1250. The molecule has 2 aromatic carbocycles. The van der Waals surface area contributed by atoms with Gasteiger partial charge in [-0.2, -0.15) is 39.5 Å². The lowest BCUT2D eigenvalue weighted by atomic mass is 9.95. The molecule has 0 bridgehead atoms. The van der Waals surface area contributed by atoms with Gasteiger partial charge >= 0.3 is 18.5 Å². The SMILES string of the molecule is C[C@H](NC(=O)CCC(F)(F)F)NC(=O)c1ccc(/C(F)=C/C(c2cc(Cl)cc(Cl)c2)C(F)(F)F)cc1C(F)(F)F. The normalized spacial score (nSPS) is 14.5. The number of hydrogen-bond donors (Lipinski definition) is 2. The summed E-state index contributed by atoms with van der Waals surface area (Å²) in [4.78, 5) is 24.0. The van der Waals surface area contributed by atoms with Gasteiger partial charge in [-0.15, -0.1) is 0 Å². The summed E-state index contributed by atoms with van der Waals surface area (Å²) >= 11 is 11.4.